The van der Waals surface area contributed by atoms with Crippen molar-refractivity contribution in [1.29, 1.82) is 0 Å². The quantitative estimate of drug-likeness (QED) is 0.603. The third-order valence-corrected chi connectivity index (χ3v) is 1.91. The van der Waals surface area contributed by atoms with Crippen LogP contribution in [0.2, 0.25) is 0 Å². The maximum absolute atomic E-state index is 8.58. The summed E-state index contributed by atoms with van der Waals surface area (Å²) < 4.78 is 10.4. The van der Waals surface area contributed by atoms with E-state index in [2.05, 4.69) is 11.8 Å². The first-order valence-electron chi connectivity index (χ1n) is 5.18. The lowest BCUT2D eigenvalue weighted by atomic mass is 10.2. The maximum Gasteiger partial charge on any atom is 0.120 e. The van der Waals surface area contributed by atoms with Gasteiger partial charge in [0, 0.05) is 25.7 Å². The van der Waals surface area contributed by atoms with Crippen LogP contribution in [0.3, 0.4) is 0 Å². The van der Waals surface area contributed by atoms with E-state index in [1.54, 1.807) is 7.11 Å². The summed E-state index contributed by atoms with van der Waals surface area (Å²) in [5.74, 6) is 6.22. The summed E-state index contributed by atoms with van der Waals surface area (Å²) in [6, 6.07) is 7.50. The van der Waals surface area contributed by atoms with Crippen molar-refractivity contribution in [2.75, 3.05) is 26.9 Å². The normalized spacial score (nSPS) is 9.38. The van der Waals surface area contributed by atoms with Crippen molar-refractivity contribution in [2.24, 2.45) is 0 Å². The van der Waals surface area contributed by atoms with Crippen LogP contribution in [0.25, 0.3) is 0 Å². The lowest BCUT2D eigenvalue weighted by Gasteiger charge is -2.05. The highest BCUT2D eigenvalue weighted by atomic mass is 16.5. The van der Waals surface area contributed by atoms with Crippen LogP contribution < -0.4 is 4.74 Å². The molecule has 0 heterocycles. The van der Waals surface area contributed by atoms with Gasteiger partial charge in [0.25, 0.3) is 0 Å². The minimum absolute atomic E-state index is 0.126. The zero-order valence-corrected chi connectivity index (χ0v) is 9.40. The van der Waals surface area contributed by atoms with E-state index in [1.807, 2.05) is 24.3 Å². The molecule has 0 radical (unpaired) electrons. The third-order valence-electron chi connectivity index (χ3n) is 1.91. The van der Waals surface area contributed by atoms with Crippen LogP contribution in [0.4, 0.5) is 0 Å². The number of methoxy groups -OCH3 is 1. The Balaban J connectivity index is 2.47. The molecule has 3 nitrogen and oxygen atoms in total. The number of hydrogen-bond donors (Lipinski definition) is 1. The molecule has 0 fully saturated rings. The molecule has 1 N–H and O–H groups in total. The molecule has 0 aliphatic heterocycles. The summed E-state index contributed by atoms with van der Waals surface area (Å²) in [6.07, 6.45) is 0.864. The van der Waals surface area contributed by atoms with Crippen LogP contribution in [0.5, 0.6) is 5.75 Å². The first-order valence-corrected chi connectivity index (χ1v) is 5.18. The second kappa shape index (κ2) is 7.75. The maximum atomic E-state index is 8.58. The predicted molar refractivity (Wildman–Crippen MR) is 62.4 cm³/mol. The van der Waals surface area contributed by atoms with Gasteiger partial charge in [0.1, 0.15) is 12.4 Å². The standard InChI is InChI=1S/C13H16O3/c1-15-9-4-10-16-13-7-2-5-12(11-13)6-3-8-14/h2,5,7,11,14H,4,8-10H2,1H3. The van der Waals surface area contributed by atoms with Crippen LogP contribution in [-0.2, 0) is 4.74 Å². The number of benzene rings is 1. The molecule has 0 aliphatic rings. The topological polar surface area (TPSA) is 38.7 Å². The lowest BCUT2D eigenvalue weighted by Crippen LogP contribution is -2.01. The van der Waals surface area contributed by atoms with Crippen molar-refractivity contribution in [3.05, 3.63) is 29.8 Å². The van der Waals surface area contributed by atoms with Gasteiger partial charge in [-0.05, 0) is 18.2 Å². The Morgan fingerprint density at radius 3 is 2.94 bits per heavy atom. The highest BCUT2D eigenvalue weighted by Gasteiger charge is 1.94. The van der Waals surface area contributed by atoms with E-state index in [9.17, 15) is 0 Å². The molecule has 0 spiro atoms. The molecule has 86 valence electrons. The second-order valence-corrected chi connectivity index (χ2v) is 3.18. The third kappa shape index (κ3) is 4.83. The van der Waals surface area contributed by atoms with Crippen LogP contribution in [0.1, 0.15) is 12.0 Å². The van der Waals surface area contributed by atoms with E-state index in [4.69, 9.17) is 14.6 Å². The first kappa shape index (κ1) is 12.6. The molecule has 0 amide bonds. The van der Waals surface area contributed by atoms with Crippen molar-refractivity contribution in [2.45, 2.75) is 6.42 Å². The molecule has 1 aromatic rings. The van der Waals surface area contributed by atoms with Gasteiger partial charge in [-0.25, -0.2) is 0 Å². The van der Waals surface area contributed by atoms with E-state index < -0.39 is 0 Å². The molecule has 3 heteroatoms. The number of rotatable bonds is 5. The Kier molecular flexibility index (Phi) is 6.09. The molecule has 0 saturated carbocycles. The molecular weight excluding hydrogens is 204 g/mol. The van der Waals surface area contributed by atoms with Gasteiger partial charge >= 0.3 is 0 Å². The van der Waals surface area contributed by atoms with Crippen LogP contribution in [0.15, 0.2) is 24.3 Å². The Morgan fingerprint density at radius 1 is 1.31 bits per heavy atom. The summed E-state index contributed by atoms with van der Waals surface area (Å²) in [4.78, 5) is 0. The summed E-state index contributed by atoms with van der Waals surface area (Å²) in [7, 11) is 1.67. The van der Waals surface area contributed by atoms with Crippen molar-refractivity contribution in [1.82, 2.24) is 0 Å². The number of ether oxygens (including phenoxy) is 2. The van der Waals surface area contributed by atoms with E-state index in [1.165, 1.54) is 0 Å². The molecule has 1 aromatic carbocycles. The fourth-order valence-electron chi connectivity index (χ4n) is 1.20. The van der Waals surface area contributed by atoms with Gasteiger partial charge < -0.3 is 14.6 Å². The fraction of sp³-hybridized carbons (Fsp3) is 0.385. The van der Waals surface area contributed by atoms with Crippen molar-refractivity contribution in [3.63, 3.8) is 0 Å². The van der Waals surface area contributed by atoms with E-state index in [-0.39, 0.29) is 6.61 Å². The molecule has 0 aromatic heterocycles. The summed E-state index contributed by atoms with van der Waals surface area (Å²) in [6.45, 7) is 1.20. The van der Waals surface area contributed by atoms with Gasteiger partial charge in [0.2, 0.25) is 0 Å². The molecule has 16 heavy (non-hydrogen) atoms. The zero-order valence-electron chi connectivity index (χ0n) is 9.40. The van der Waals surface area contributed by atoms with Crippen LogP contribution in [0, 0.1) is 11.8 Å². The first-order chi connectivity index (χ1) is 7.86. The van der Waals surface area contributed by atoms with Gasteiger partial charge in [-0.2, -0.15) is 0 Å². The molecule has 0 unspecified atom stereocenters. The van der Waals surface area contributed by atoms with Gasteiger partial charge in [-0.1, -0.05) is 17.9 Å². The summed E-state index contributed by atoms with van der Waals surface area (Å²) in [5, 5.41) is 8.58. The van der Waals surface area contributed by atoms with E-state index >= 15 is 0 Å². The van der Waals surface area contributed by atoms with Gasteiger partial charge in [0.15, 0.2) is 0 Å². The fourth-order valence-corrected chi connectivity index (χ4v) is 1.20. The molecule has 1 rings (SSSR count). The van der Waals surface area contributed by atoms with Crippen LogP contribution in [-0.4, -0.2) is 32.0 Å². The van der Waals surface area contributed by atoms with Crippen LogP contribution >= 0.6 is 0 Å². The Hall–Kier alpha value is -1.50. The largest absolute Gasteiger partial charge is 0.493 e. The summed E-state index contributed by atoms with van der Waals surface area (Å²) in [5.41, 5.74) is 0.846. The Bertz CT molecular complexity index is 363. The Labute approximate surface area is 96.0 Å². The molecule has 0 bridgehead atoms. The van der Waals surface area contributed by atoms with Gasteiger partial charge in [0.05, 0.1) is 6.61 Å². The zero-order chi connectivity index (χ0) is 11.6. The number of aliphatic hydroxyl groups is 1. The van der Waals surface area contributed by atoms with Crippen molar-refractivity contribution in [3.8, 4) is 17.6 Å². The second-order valence-electron chi connectivity index (χ2n) is 3.18. The molecule has 0 atom stereocenters. The number of hydrogen-bond acceptors (Lipinski definition) is 3. The summed E-state index contributed by atoms with van der Waals surface area (Å²) >= 11 is 0. The molecule has 0 saturated heterocycles. The Morgan fingerprint density at radius 2 is 2.19 bits per heavy atom. The molecule has 0 aliphatic carbocycles. The van der Waals surface area contributed by atoms with Crippen molar-refractivity contribution >= 4 is 0 Å². The van der Waals surface area contributed by atoms with E-state index in [0.29, 0.717) is 13.2 Å². The predicted octanol–water partition coefficient (Wildman–Crippen LogP) is 1.45. The monoisotopic (exact) mass is 220 g/mol. The number of aliphatic hydroxyl groups excluding tert-OH is 1. The average molecular weight is 220 g/mol. The van der Waals surface area contributed by atoms with Gasteiger partial charge in [-0.15, -0.1) is 0 Å². The van der Waals surface area contributed by atoms with Crippen molar-refractivity contribution < 1.29 is 14.6 Å². The van der Waals surface area contributed by atoms with E-state index in [0.717, 1.165) is 17.7 Å². The average Bonchev–Trinajstić information content (AvgIpc) is 2.33. The highest BCUT2D eigenvalue weighted by Crippen LogP contribution is 2.12. The minimum Gasteiger partial charge on any atom is -0.493 e. The minimum atomic E-state index is -0.126. The molecular formula is C13H16O3. The highest BCUT2D eigenvalue weighted by molar-refractivity contribution is 5.39. The van der Waals surface area contributed by atoms with Gasteiger partial charge in [-0.3, -0.25) is 0 Å². The lowest BCUT2D eigenvalue weighted by molar-refractivity contribution is 0.172. The SMILES string of the molecule is COCCCOc1cccc(C#CCO)c1. The smallest absolute Gasteiger partial charge is 0.120 e.